The molecule has 3 nitrogen and oxygen atoms in total. The molecule has 6 heteroatoms. The smallest absolute Gasteiger partial charge is 0.294 e. The maximum atomic E-state index is 12.1. The lowest BCUT2D eigenvalue weighted by atomic mass is 10.1. The first-order chi connectivity index (χ1) is 6.72. The van der Waals surface area contributed by atoms with Crippen LogP contribution in [0.5, 0.6) is 0 Å². The lowest BCUT2D eigenvalue weighted by Crippen LogP contribution is -2.19. The number of alkyl halides is 3. The topological polar surface area (TPSA) is 34.9 Å². The van der Waals surface area contributed by atoms with E-state index in [2.05, 4.69) is 5.10 Å². The van der Waals surface area contributed by atoms with E-state index in [1.54, 1.807) is 0 Å². The number of hydrogen-bond acceptors (Lipinski definition) is 2. The quantitative estimate of drug-likeness (QED) is 0.716. The molecule has 0 aromatic carbocycles. The van der Waals surface area contributed by atoms with Gasteiger partial charge in [0.25, 0.3) is 0 Å². The van der Waals surface area contributed by atoms with Gasteiger partial charge in [-0.1, -0.05) is 0 Å². The van der Waals surface area contributed by atoms with E-state index in [9.17, 15) is 18.0 Å². The maximum Gasteiger partial charge on any atom is 0.408 e. The van der Waals surface area contributed by atoms with E-state index in [0.717, 1.165) is 4.68 Å². The molecule has 0 fully saturated rings. The Bertz CT molecular complexity index is 393. The van der Waals surface area contributed by atoms with Gasteiger partial charge in [0.1, 0.15) is 6.54 Å². The maximum absolute atomic E-state index is 12.1. The molecule has 0 atom stereocenters. The zero-order valence-corrected chi connectivity index (χ0v) is 8.64. The average molecular weight is 220 g/mol. The van der Waals surface area contributed by atoms with E-state index >= 15 is 0 Å². The second kappa shape index (κ2) is 3.67. The number of aryl methyl sites for hydroxylation is 1. The SMILES string of the molecule is CC(=O)c1c(C)nn(CC(F)(F)F)c1C. The van der Waals surface area contributed by atoms with E-state index in [1.165, 1.54) is 20.8 Å². The van der Waals surface area contributed by atoms with Gasteiger partial charge in [-0.25, -0.2) is 0 Å². The number of nitrogens with zero attached hydrogens (tertiary/aromatic N) is 2. The van der Waals surface area contributed by atoms with Crippen LogP contribution in [0.3, 0.4) is 0 Å². The summed E-state index contributed by atoms with van der Waals surface area (Å²) in [5, 5.41) is 3.69. The van der Waals surface area contributed by atoms with Crippen molar-refractivity contribution in [2.24, 2.45) is 0 Å². The summed E-state index contributed by atoms with van der Waals surface area (Å²) < 4.78 is 37.2. The Morgan fingerprint density at radius 3 is 2.27 bits per heavy atom. The molecule has 0 saturated carbocycles. The minimum Gasteiger partial charge on any atom is -0.294 e. The molecular weight excluding hydrogens is 209 g/mol. The van der Waals surface area contributed by atoms with Gasteiger partial charge in [-0.15, -0.1) is 0 Å². The Balaban J connectivity index is 3.13. The fraction of sp³-hybridized carbons (Fsp3) is 0.556. The molecule has 0 aliphatic heterocycles. The Hall–Kier alpha value is -1.33. The molecule has 0 bridgehead atoms. The van der Waals surface area contributed by atoms with Gasteiger partial charge in [0.05, 0.1) is 11.3 Å². The summed E-state index contributed by atoms with van der Waals surface area (Å²) in [5.41, 5.74) is 0.876. The van der Waals surface area contributed by atoms with Crippen molar-refractivity contribution in [2.45, 2.75) is 33.5 Å². The Kier molecular flexibility index (Phi) is 2.88. The molecule has 0 aliphatic carbocycles. The summed E-state index contributed by atoms with van der Waals surface area (Å²) in [6.07, 6.45) is -4.32. The summed E-state index contributed by atoms with van der Waals surface area (Å²) in [6.45, 7) is 3.14. The van der Waals surface area contributed by atoms with Crippen LogP contribution in [0, 0.1) is 13.8 Å². The highest BCUT2D eigenvalue weighted by Gasteiger charge is 2.30. The molecule has 0 radical (unpaired) electrons. The zero-order valence-electron chi connectivity index (χ0n) is 8.64. The van der Waals surface area contributed by atoms with Crippen LogP contribution in [0.15, 0.2) is 0 Å². The van der Waals surface area contributed by atoms with Crippen molar-refractivity contribution in [2.75, 3.05) is 0 Å². The van der Waals surface area contributed by atoms with E-state index in [-0.39, 0.29) is 17.0 Å². The van der Waals surface area contributed by atoms with Gasteiger partial charge in [-0.05, 0) is 20.8 Å². The molecular formula is C9H11F3N2O. The Labute approximate surface area is 84.9 Å². The van der Waals surface area contributed by atoms with Crippen molar-refractivity contribution in [3.63, 3.8) is 0 Å². The number of Topliss-reactive ketones (excluding diaryl/α,β-unsaturated/α-hetero) is 1. The second-order valence-electron chi connectivity index (χ2n) is 3.37. The van der Waals surface area contributed by atoms with Crippen LogP contribution in [-0.2, 0) is 6.54 Å². The Morgan fingerprint density at radius 2 is 1.93 bits per heavy atom. The van der Waals surface area contributed by atoms with E-state index in [4.69, 9.17) is 0 Å². The van der Waals surface area contributed by atoms with Crippen molar-refractivity contribution >= 4 is 5.78 Å². The summed E-state index contributed by atoms with van der Waals surface area (Å²) in [6, 6.07) is 0. The zero-order chi connectivity index (χ0) is 11.8. The molecule has 1 heterocycles. The molecule has 1 rings (SSSR count). The van der Waals surface area contributed by atoms with Crippen molar-refractivity contribution in [3.05, 3.63) is 17.0 Å². The minimum absolute atomic E-state index is 0.261. The van der Waals surface area contributed by atoms with E-state index in [0.29, 0.717) is 5.69 Å². The van der Waals surface area contributed by atoms with E-state index < -0.39 is 12.7 Å². The van der Waals surface area contributed by atoms with Gasteiger partial charge in [0.15, 0.2) is 5.78 Å². The monoisotopic (exact) mass is 220 g/mol. The third kappa shape index (κ3) is 2.57. The van der Waals surface area contributed by atoms with E-state index in [1.807, 2.05) is 0 Å². The highest BCUT2D eigenvalue weighted by molar-refractivity contribution is 5.96. The third-order valence-corrected chi connectivity index (χ3v) is 2.06. The Morgan fingerprint density at radius 1 is 1.40 bits per heavy atom. The number of halogens is 3. The first-order valence-electron chi connectivity index (χ1n) is 4.34. The predicted octanol–water partition coefficient (Wildman–Crippen LogP) is 2.26. The standard InChI is InChI=1S/C9H11F3N2O/c1-5-8(7(3)15)6(2)14(13-5)4-9(10,11)12/h4H2,1-3H3. The van der Waals surface area contributed by atoms with Gasteiger partial charge in [-0.2, -0.15) is 18.3 Å². The van der Waals surface area contributed by atoms with Crippen LogP contribution in [-0.4, -0.2) is 21.7 Å². The van der Waals surface area contributed by atoms with Crippen molar-refractivity contribution in [3.8, 4) is 0 Å². The van der Waals surface area contributed by atoms with Gasteiger partial charge in [0.2, 0.25) is 0 Å². The first kappa shape index (κ1) is 11.7. The number of rotatable bonds is 2. The number of hydrogen-bond donors (Lipinski definition) is 0. The normalized spacial score (nSPS) is 11.9. The van der Waals surface area contributed by atoms with Crippen LogP contribution < -0.4 is 0 Å². The second-order valence-corrected chi connectivity index (χ2v) is 3.37. The molecule has 1 aromatic heterocycles. The fourth-order valence-corrected chi connectivity index (χ4v) is 1.53. The van der Waals surface area contributed by atoms with Crippen LogP contribution in [0.4, 0.5) is 13.2 Å². The molecule has 84 valence electrons. The van der Waals surface area contributed by atoms with Crippen molar-refractivity contribution in [1.29, 1.82) is 0 Å². The van der Waals surface area contributed by atoms with Gasteiger partial charge in [0, 0.05) is 5.69 Å². The van der Waals surface area contributed by atoms with Gasteiger partial charge < -0.3 is 0 Å². The molecule has 15 heavy (non-hydrogen) atoms. The average Bonchev–Trinajstić information content (AvgIpc) is 2.23. The minimum atomic E-state index is -4.32. The number of aromatic nitrogens is 2. The highest BCUT2D eigenvalue weighted by Crippen LogP contribution is 2.21. The highest BCUT2D eigenvalue weighted by atomic mass is 19.4. The lowest BCUT2D eigenvalue weighted by Gasteiger charge is -2.07. The van der Waals surface area contributed by atoms with Gasteiger partial charge >= 0.3 is 6.18 Å². The summed E-state index contributed by atoms with van der Waals surface area (Å²) in [5.74, 6) is -0.265. The predicted molar refractivity (Wildman–Crippen MR) is 47.8 cm³/mol. The van der Waals surface area contributed by atoms with Gasteiger partial charge in [-0.3, -0.25) is 9.48 Å². The molecule has 0 spiro atoms. The van der Waals surface area contributed by atoms with Crippen LogP contribution in [0.25, 0.3) is 0 Å². The lowest BCUT2D eigenvalue weighted by molar-refractivity contribution is -0.142. The third-order valence-electron chi connectivity index (χ3n) is 2.06. The molecule has 0 unspecified atom stereocenters. The molecule has 0 amide bonds. The summed E-state index contributed by atoms with van der Waals surface area (Å²) >= 11 is 0. The molecule has 0 N–H and O–H groups in total. The fourth-order valence-electron chi connectivity index (χ4n) is 1.53. The van der Waals surface area contributed by atoms with Crippen LogP contribution in [0.2, 0.25) is 0 Å². The molecule has 0 aliphatic rings. The summed E-state index contributed by atoms with van der Waals surface area (Å²) in [7, 11) is 0. The largest absolute Gasteiger partial charge is 0.408 e. The summed E-state index contributed by atoms with van der Waals surface area (Å²) in [4.78, 5) is 11.1. The number of carbonyl (C=O) groups is 1. The van der Waals surface area contributed by atoms with Crippen molar-refractivity contribution < 1.29 is 18.0 Å². The molecule has 1 aromatic rings. The molecule has 0 saturated heterocycles. The van der Waals surface area contributed by atoms with Crippen LogP contribution >= 0.6 is 0 Å². The number of ketones is 1. The van der Waals surface area contributed by atoms with Crippen molar-refractivity contribution in [1.82, 2.24) is 9.78 Å². The first-order valence-corrected chi connectivity index (χ1v) is 4.34. The number of carbonyl (C=O) groups excluding carboxylic acids is 1. The van der Waals surface area contributed by atoms with Crippen LogP contribution in [0.1, 0.15) is 28.7 Å².